The van der Waals surface area contributed by atoms with E-state index in [1.807, 2.05) is 44.2 Å². The Labute approximate surface area is 112 Å². The van der Waals surface area contributed by atoms with Gasteiger partial charge in [-0.15, -0.1) is 0 Å². The number of aliphatic carboxylic acids is 1. The predicted molar refractivity (Wildman–Crippen MR) is 71.4 cm³/mol. The van der Waals surface area contributed by atoms with Gasteiger partial charge in [-0.2, -0.15) is 0 Å². The largest absolute Gasteiger partial charge is 0.478 e. The van der Waals surface area contributed by atoms with Crippen LogP contribution in [0.25, 0.3) is 0 Å². The summed E-state index contributed by atoms with van der Waals surface area (Å²) in [4.78, 5) is 22.5. The van der Waals surface area contributed by atoms with Gasteiger partial charge in [0.2, 0.25) is 0 Å². The average molecular weight is 262 g/mol. The maximum absolute atomic E-state index is 11.8. The van der Waals surface area contributed by atoms with Crippen molar-refractivity contribution in [1.29, 1.82) is 0 Å². The molecule has 0 spiro atoms. The highest BCUT2D eigenvalue weighted by molar-refractivity contribution is 5.95. The number of ether oxygens (including phenoxy) is 1. The van der Waals surface area contributed by atoms with E-state index in [1.54, 1.807) is 0 Å². The lowest BCUT2D eigenvalue weighted by molar-refractivity contribution is -0.141. The summed E-state index contributed by atoms with van der Waals surface area (Å²) in [7, 11) is 0. The molecule has 0 saturated carbocycles. The van der Waals surface area contributed by atoms with Gasteiger partial charge >= 0.3 is 11.9 Å². The van der Waals surface area contributed by atoms with Crippen molar-refractivity contribution in [3.8, 4) is 0 Å². The van der Waals surface area contributed by atoms with Gasteiger partial charge in [-0.3, -0.25) is 0 Å². The lowest BCUT2D eigenvalue weighted by Crippen LogP contribution is -2.11. The monoisotopic (exact) mass is 262 g/mol. The van der Waals surface area contributed by atoms with Crippen LogP contribution in [0.4, 0.5) is 0 Å². The van der Waals surface area contributed by atoms with Gasteiger partial charge in [0.05, 0.1) is 0 Å². The van der Waals surface area contributed by atoms with Crippen LogP contribution in [0.15, 0.2) is 42.0 Å². The van der Waals surface area contributed by atoms with Crippen LogP contribution >= 0.6 is 0 Å². The van der Waals surface area contributed by atoms with Crippen LogP contribution in [0, 0.1) is 5.92 Å². The number of hydrogen-bond acceptors (Lipinski definition) is 3. The molecular formula is C15H18O4. The zero-order chi connectivity index (χ0) is 14.3. The third-order valence-electron chi connectivity index (χ3n) is 2.40. The summed E-state index contributed by atoms with van der Waals surface area (Å²) >= 11 is 0. The molecule has 0 saturated heterocycles. The lowest BCUT2D eigenvalue weighted by atomic mass is 10.0. The second-order valence-corrected chi connectivity index (χ2v) is 4.67. The Morgan fingerprint density at radius 2 is 1.89 bits per heavy atom. The number of carbonyl (C=O) groups excluding carboxylic acids is 1. The molecule has 19 heavy (non-hydrogen) atoms. The van der Waals surface area contributed by atoms with E-state index in [9.17, 15) is 9.59 Å². The van der Waals surface area contributed by atoms with Crippen LogP contribution in [0.1, 0.15) is 25.8 Å². The van der Waals surface area contributed by atoms with E-state index >= 15 is 0 Å². The molecule has 4 nitrogen and oxygen atoms in total. The van der Waals surface area contributed by atoms with Gasteiger partial charge in [0, 0.05) is 11.6 Å². The van der Waals surface area contributed by atoms with Crippen molar-refractivity contribution >= 4 is 11.9 Å². The number of benzene rings is 1. The lowest BCUT2D eigenvalue weighted by Gasteiger charge is -2.09. The minimum absolute atomic E-state index is 0.148. The van der Waals surface area contributed by atoms with Gasteiger partial charge in [0.1, 0.15) is 6.61 Å². The first-order chi connectivity index (χ1) is 8.99. The molecule has 4 heteroatoms. The van der Waals surface area contributed by atoms with Gasteiger partial charge in [0.25, 0.3) is 0 Å². The molecule has 0 bridgehead atoms. The van der Waals surface area contributed by atoms with E-state index in [0.29, 0.717) is 6.42 Å². The topological polar surface area (TPSA) is 63.6 Å². The molecule has 1 aromatic carbocycles. The predicted octanol–water partition coefficient (Wildman–Crippen LogP) is 2.79. The Balaban J connectivity index is 2.65. The zero-order valence-corrected chi connectivity index (χ0v) is 11.1. The maximum Gasteiger partial charge on any atom is 0.334 e. The van der Waals surface area contributed by atoms with Crippen molar-refractivity contribution in [1.82, 2.24) is 0 Å². The van der Waals surface area contributed by atoms with E-state index in [1.165, 1.54) is 0 Å². The first-order valence-corrected chi connectivity index (χ1v) is 6.13. The number of carbonyl (C=O) groups is 2. The second-order valence-electron chi connectivity index (χ2n) is 4.67. The summed E-state index contributed by atoms with van der Waals surface area (Å²) in [5, 5.41) is 8.75. The molecule has 0 aliphatic heterocycles. The molecule has 0 fully saturated rings. The van der Waals surface area contributed by atoms with Gasteiger partial charge < -0.3 is 9.84 Å². The first-order valence-electron chi connectivity index (χ1n) is 6.13. The Bertz CT molecular complexity index is 460. The number of carboxylic acids is 1. The van der Waals surface area contributed by atoms with Crippen molar-refractivity contribution in [2.45, 2.75) is 26.9 Å². The van der Waals surface area contributed by atoms with Crippen LogP contribution in [0.2, 0.25) is 0 Å². The zero-order valence-electron chi connectivity index (χ0n) is 11.1. The SMILES string of the molecule is CC(C)C/C(=C\C(=O)O)C(=O)OCc1ccccc1. The normalized spacial score (nSPS) is 11.4. The van der Waals surface area contributed by atoms with Crippen LogP contribution in [-0.2, 0) is 20.9 Å². The van der Waals surface area contributed by atoms with E-state index in [-0.39, 0.29) is 18.1 Å². The van der Waals surface area contributed by atoms with Crippen LogP contribution in [-0.4, -0.2) is 17.0 Å². The van der Waals surface area contributed by atoms with E-state index in [0.717, 1.165) is 11.6 Å². The van der Waals surface area contributed by atoms with E-state index in [4.69, 9.17) is 9.84 Å². The van der Waals surface area contributed by atoms with Gasteiger partial charge in [-0.05, 0) is 17.9 Å². The molecular weight excluding hydrogens is 244 g/mol. The summed E-state index contributed by atoms with van der Waals surface area (Å²) in [6, 6.07) is 9.27. The first kappa shape index (κ1) is 15.0. The van der Waals surface area contributed by atoms with Gasteiger partial charge in [-0.1, -0.05) is 44.2 Å². The summed E-state index contributed by atoms with van der Waals surface area (Å²) in [6.07, 6.45) is 1.31. The van der Waals surface area contributed by atoms with E-state index < -0.39 is 11.9 Å². The van der Waals surface area contributed by atoms with Crippen molar-refractivity contribution < 1.29 is 19.4 Å². The fourth-order valence-corrected chi connectivity index (χ4v) is 1.61. The molecule has 1 aromatic rings. The number of carboxylic acid groups (broad SMARTS) is 1. The highest BCUT2D eigenvalue weighted by atomic mass is 16.5. The third kappa shape index (κ3) is 5.86. The number of esters is 1. The molecule has 0 atom stereocenters. The van der Waals surface area contributed by atoms with Crippen LogP contribution in [0.3, 0.4) is 0 Å². The van der Waals surface area contributed by atoms with Crippen LogP contribution < -0.4 is 0 Å². The third-order valence-corrected chi connectivity index (χ3v) is 2.40. The minimum atomic E-state index is -1.13. The van der Waals surface area contributed by atoms with Crippen LogP contribution in [0.5, 0.6) is 0 Å². The smallest absolute Gasteiger partial charge is 0.334 e. The second kappa shape index (κ2) is 7.36. The summed E-state index contributed by atoms with van der Waals surface area (Å²) in [6.45, 7) is 3.98. The quantitative estimate of drug-likeness (QED) is 0.632. The number of hydrogen-bond donors (Lipinski definition) is 1. The minimum Gasteiger partial charge on any atom is -0.478 e. The van der Waals surface area contributed by atoms with Crippen molar-refractivity contribution in [3.63, 3.8) is 0 Å². The Hall–Kier alpha value is -2.10. The average Bonchev–Trinajstić information content (AvgIpc) is 2.35. The molecule has 0 amide bonds. The highest BCUT2D eigenvalue weighted by Gasteiger charge is 2.14. The summed E-state index contributed by atoms with van der Waals surface area (Å²) in [5.74, 6) is -1.51. The summed E-state index contributed by atoms with van der Waals surface area (Å²) in [5.41, 5.74) is 1.06. The maximum atomic E-state index is 11.8. The molecule has 0 aliphatic rings. The van der Waals surface area contributed by atoms with Gasteiger partial charge in [0.15, 0.2) is 0 Å². The molecule has 0 aromatic heterocycles. The molecule has 0 unspecified atom stereocenters. The molecule has 102 valence electrons. The summed E-state index contributed by atoms with van der Waals surface area (Å²) < 4.78 is 5.12. The Kier molecular flexibility index (Phi) is 5.79. The fraction of sp³-hybridized carbons (Fsp3) is 0.333. The molecule has 0 heterocycles. The Morgan fingerprint density at radius 1 is 1.26 bits per heavy atom. The van der Waals surface area contributed by atoms with Crippen molar-refractivity contribution in [2.24, 2.45) is 5.92 Å². The fourth-order valence-electron chi connectivity index (χ4n) is 1.61. The molecule has 0 radical (unpaired) electrons. The Morgan fingerprint density at radius 3 is 2.42 bits per heavy atom. The number of rotatable bonds is 6. The van der Waals surface area contributed by atoms with E-state index in [2.05, 4.69) is 0 Å². The highest BCUT2D eigenvalue weighted by Crippen LogP contribution is 2.13. The molecule has 1 N–H and O–H groups in total. The molecule has 1 rings (SSSR count). The van der Waals surface area contributed by atoms with Crippen molar-refractivity contribution in [2.75, 3.05) is 0 Å². The van der Waals surface area contributed by atoms with Gasteiger partial charge in [-0.25, -0.2) is 9.59 Å². The van der Waals surface area contributed by atoms with Crippen molar-refractivity contribution in [3.05, 3.63) is 47.5 Å². The standard InChI is InChI=1S/C15H18O4/c1-11(2)8-13(9-14(16)17)15(18)19-10-12-6-4-3-5-7-12/h3-7,9,11H,8,10H2,1-2H3,(H,16,17)/b13-9+. The molecule has 0 aliphatic carbocycles.